The molecule has 0 aliphatic carbocycles. The lowest BCUT2D eigenvalue weighted by molar-refractivity contribution is 0.376. The lowest BCUT2D eigenvalue weighted by Gasteiger charge is -2.04. The van der Waals surface area contributed by atoms with Crippen molar-refractivity contribution in [2.24, 2.45) is 0 Å². The molecule has 4 rings (SSSR count). The van der Waals surface area contributed by atoms with Gasteiger partial charge < -0.3 is 8.94 Å². The van der Waals surface area contributed by atoms with Crippen molar-refractivity contribution in [2.45, 2.75) is 18.4 Å². The maximum atomic E-state index is 12.5. The fourth-order valence-corrected chi connectivity index (χ4v) is 3.58. The average molecular weight is 386 g/mol. The van der Waals surface area contributed by atoms with Gasteiger partial charge in [-0.25, -0.2) is 17.9 Å². The molecule has 2 N–H and O–H groups in total. The van der Waals surface area contributed by atoms with Gasteiger partial charge in [0.15, 0.2) is 5.58 Å². The molecule has 0 amide bonds. The number of nitrogens with zero attached hydrogens (tertiary/aromatic N) is 2. The molecule has 2 aromatic heterocycles. The number of nitrogens with one attached hydrogen (secondary N) is 2. The average Bonchev–Trinajstić information content (AvgIpc) is 3.25. The summed E-state index contributed by atoms with van der Waals surface area (Å²) in [5.41, 5.74) is 2.36. The Morgan fingerprint density at radius 2 is 2.00 bits per heavy atom. The Morgan fingerprint density at radius 3 is 2.81 bits per heavy atom. The molecule has 4 aromatic rings. The summed E-state index contributed by atoms with van der Waals surface area (Å²) in [5, 5.41) is 3.89. The van der Waals surface area contributed by atoms with Crippen molar-refractivity contribution in [2.75, 3.05) is 0 Å². The van der Waals surface area contributed by atoms with E-state index in [2.05, 4.69) is 19.8 Å². The molecule has 0 saturated heterocycles. The maximum absolute atomic E-state index is 12.5. The van der Waals surface area contributed by atoms with Crippen LogP contribution in [0.4, 0.5) is 0 Å². The van der Waals surface area contributed by atoms with Crippen LogP contribution in [0.3, 0.4) is 0 Å². The molecule has 138 valence electrons. The van der Waals surface area contributed by atoms with Crippen LogP contribution in [0.2, 0.25) is 0 Å². The van der Waals surface area contributed by atoms with Crippen LogP contribution in [0.1, 0.15) is 11.5 Å². The normalized spacial score (nSPS) is 11.9. The van der Waals surface area contributed by atoms with Gasteiger partial charge in [-0.3, -0.25) is 4.98 Å². The number of aromatic nitrogens is 3. The van der Waals surface area contributed by atoms with E-state index < -0.39 is 15.8 Å². The van der Waals surface area contributed by atoms with E-state index >= 15 is 0 Å². The highest BCUT2D eigenvalue weighted by atomic mass is 32.2. The van der Waals surface area contributed by atoms with Crippen LogP contribution < -0.4 is 10.5 Å². The van der Waals surface area contributed by atoms with Gasteiger partial charge in [0, 0.05) is 11.6 Å². The number of hydrogen-bond donors (Lipinski definition) is 2. The molecule has 0 unspecified atom stereocenters. The molecule has 0 bridgehead atoms. The Morgan fingerprint density at radius 1 is 1.19 bits per heavy atom. The van der Waals surface area contributed by atoms with Gasteiger partial charge in [0.05, 0.1) is 17.0 Å². The van der Waals surface area contributed by atoms with E-state index in [9.17, 15) is 13.2 Å². The summed E-state index contributed by atoms with van der Waals surface area (Å²) in [6, 6.07) is 11.6. The monoisotopic (exact) mass is 386 g/mol. The lowest BCUT2D eigenvalue weighted by Crippen LogP contribution is -2.23. The standard InChI is InChI=1S/C17H14N4O5S/c1-10-4-2-3-5-12(10)16-20-15(26-21-16)9-18-27(23,24)11-6-7-13-14(8-11)25-17(22)19-13/h2-8,18H,9H2,1H3,(H,19,22). The van der Waals surface area contributed by atoms with Gasteiger partial charge in [-0.2, -0.15) is 4.98 Å². The zero-order chi connectivity index (χ0) is 19.0. The van der Waals surface area contributed by atoms with E-state index in [1.165, 1.54) is 18.2 Å². The van der Waals surface area contributed by atoms with Gasteiger partial charge in [0.1, 0.15) is 0 Å². The van der Waals surface area contributed by atoms with Crippen molar-refractivity contribution in [3.05, 3.63) is 64.5 Å². The van der Waals surface area contributed by atoms with Gasteiger partial charge in [0.25, 0.3) is 0 Å². The van der Waals surface area contributed by atoms with Crippen LogP contribution >= 0.6 is 0 Å². The number of fused-ring (bicyclic) bond motifs is 1. The van der Waals surface area contributed by atoms with E-state index in [0.29, 0.717) is 11.3 Å². The number of sulfonamides is 1. The molecule has 27 heavy (non-hydrogen) atoms. The van der Waals surface area contributed by atoms with Crippen LogP contribution in [-0.4, -0.2) is 23.5 Å². The Hall–Kier alpha value is -3.24. The minimum absolute atomic E-state index is 0.0450. The van der Waals surface area contributed by atoms with E-state index in [4.69, 9.17) is 8.94 Å². The van der Waals surface area contributed by atoms with Gasteiger partial charge in [-0.15, -0.1) is 0 Å². The van der Waals surface area contributed by atoms with Gasteiger partial charge >= 0.3 is 5.76 Å². The number of H-pyrrole nitrogens is 1. The first-order valence-corrected chi connectivity index (χ1v) is 9.42. The summed E-state index contributed by atoms with van der Waals surface area (Å²) >= 11 is 0. The first-order valence-electron chi connectivity index (χ1n) is 7.93. The number of hydrogen-bond acceptors (Lipinski definition) is 7. The van der Waals surface area contributed by atoms with Gasteiger partial charge in [0.2, 0.25) is 21.7 Å². The molecule has 0 fully saturated rings. The Bertz CT molecular complexity index is 1290. The number of oxazole rings is 1. The first-order chi connectivity index (χ1) is 12.9. The zero-order valence-corrected chi connectivity index (χ0v) is 14.9. The van der Waals surface area contributed by atoms with Crippen LogP contribution in [-0.2, 0) is 16.6 Å². The Labute approximate surface area is 153 Å². The second kappa shape index (κ2) is 6.49. The quantitative estimate of drug-likeness (QED) is 0.536. The van der Waals surface area contributed by atoms with Crippen molar-refractivity contribution in [1.29, 1.82) is 0 Å². The molecular formula is C17H14N4O5S. The highest BCUT2D eigenvalue weighted by molar-refractivity contribution is 7.89. The minimum Gasteiger partial charge on any atom is -0.408 e. The van der Waals surface area contributed by atoms with Crippen molar-refractivity contribution >= 4 is 21.1 Å². The van der Waals surface area contributed by atoms with Crippen LogP contribution in [0.15, 0.2) is 61.1 Å². The van der Waals surface area contributed by atoms with Crippen LogP contribution in [0, 0.1) is 6.92 Å². The number of aryl methyl sites for hydroxylation is 1. The SMILES string of the molecule is Cc1ccccc1-c1noc(CNS(=O)(=O)c2ccc3[nH]c(=O)oc3c2)n1. The zero-order valence-electron chi connectivity index (χ0n) is 14.1. The van der Waals surface area contributed by atoms with E-state index in [-0.39, 0.29) is 22.9 Å². The van der Waals surface area contributed by atoms with Crippen molar-refractivity contribution in [3.8, 4) is 11.4 Å². The fraction of sp³-hybridized carbons (Fsp3) is 0.118. The van der Waals surface area contributed by atoms with Crippen LogP contribution in [0.5, 0.6) is 0 Å². The van der Waals surface area contributed by atoms with Crippen molar-refractivity contribution < 1.29 is 17.4 Å². The maximum Gasteiger partial charge on any atom is 0.417 e. The summed E-state index contributed by atoms with van der Waals surface area (Å²) in [6.45, 7) is 1.75. The van der Waals surface area contributed by atoms with E-state index in [1.54, 1.807) is 0 Å². The predicted octanol–water partition coefficient (Wildman–Crippen LogP) is 1.96. The molecule has 9 nitrogen and oxygen atoms in total. The third-order valence-electron chi connectivity index (χ3n) is 3.97. The minimum atomic E-state index is -3.86. The van der Waals surface area contributed by atoms with Crippen LogP contribution in [0.25, 0.3) is 22.5 Å². The van der Waals surface area contributed by atoms with Crippen molar-refractivity contribution in [1.82, 2.24) is 19.8 Å². The smallest absolute Gasteiger partial charge is 0.408 e. The van der Waals surface area contributed by atoms with E-state index in [0.717, 1.165) is 11.1 Å². The van der Waals surface area contributed by atoms with Crippen molar-refractivity contribution in [3.63, 3.8) is 0 Å². The predicted molar refractivity (Wildman–Crippen MR) is 95.3 cm³/mol. The van der Waals surface area contributed by atoms with Gasteiger partial charge in [-0.1, -0.05) is 29.4 Å². The Kier molecular flexibility index (Phi) is 4.13. The summed E-state index contributed by atoms with van der Waals surface area (Å²) in [7, 11) is -3.86. The summed E-state index contributed by atoms with van der Waals surface area (Å²) < 4.78 is 37.3. The second-order valence-corrected chi connectivity index (χ2v) is 7.59. The molecule has 0 radical (unpaired) electrons. The largest absolute Gasteiger partial charge is 0.417 e. The summed E-state index contributed by atoms with van der Waals surface area (Å²) in [6.07, 6.45) is 0. The molecule has 0 aliphatic heterocycles. The topological polar surface area (TPSA) is 131 Å². The number of aromatic amines is 1. The summed E-state index contributed by atoms with van der Waals surface area (Å²) in [5.74, 6) is -0.133. The highest BCUT2D eigenvalue weighted by Crippen LogP contribution is 2.20. The third-order valence-corrected chi connectivity index (χ3v) is 5.37. The fourth-order valence-electron chi connectivity index (χ4n) is 2.59. The molecule has 2 aromatic carbocycles. The molecule has 2 heterocycles. The first kappa shape index (κ1) is 17.2. The second-order valence-electron chi connectivity index (χ2n) is 5.82. The van der Waals surface area contributed by atoms with E-state index in [1.807, 2.05) is 31.2 Å². The number of benzene rings is 2. The molecule has 0 saturated carbocycles. The van der Waals surface area contributed by atoms with Gasteiger partial charge in [-0.05, 0) is 24.6 Å². The molecule has 10 heteroatoms. The lowest BCUT2D eigenvalue weighted by atomic mass is 10.1. The molecule has 0 spiro atoms. The molecule has 0 aliphatic rings. The number of rotatable bonds is 5. The highest BCUT2D eigenvalue weighted by Gasteiger charge is 2.18. The Balaban J connectivity index is 1.53. The molecule has 0 atom stereocenters. The third kappa shape index (κ3) is 3.39. The molecular weight excluding hydrogens is 372 g/mol. The summed E-state index contributed by atoms with van der Waals surface area (Å²) in [4.78, 5) is 17.8.